The number of carbonyl (C=O) groups excluding carboxylic acids is 1. The van der Waals surface area contributed by atoms with Crippen molar-refractivity contribution in [2.45, 2.75) is 57.8 Å². The summed E-state index contributed by atoms with van der Waals surface area (Å²) in [4.78, 5) is 12.5. The summed E-state index contributed by atoms with van der Waals surface area (Å²) in [6.07, 6.45) is 7.59. The van der Waals surface area contributed by atoms with Crippen LogP contribution in [0, 0.1) is 0 Å². The van der Waals surface area contributed by atoms with Crippen LogP contribution in [0.3, 0.4) is 0 Å². The van der Waals surface area contributed by atoms with Gasteiger partial charge in [-0.2, -0.15) is 17.7 Å². The number of aliphatic hydroxyl groups is 1. The number of carbonyl (C=O) groups is 1. The lowest BCUT2D eigenvalue weighted by Gasteiger charge is -2.28. The van der Waals surface area contributed by atoms with Crippen molar-refractivity contribution in [3.05, 3.63) is 120 Å². The first-order valence-electron chi connectivity index (χ1n) is 13.6. The lowest BCUT2D eigenvalue weighted by Crippen LogP contribution is -2.34. The fourth-order valence-corrected chi connectivity index (χ4v) is 4.70. The summed E-state index contributed by atoms with van der Waals surface area (Å²) in [5.74, 6) is 1.57. The van der Waals surface area contributed by atoms with Gasteiger partial charge in [-0.05, 0) is 60.6 Å². The van der Waals surface area contributed by atoms with Crippen LogP contribution in [0.15, 0.2) is 108 Å². The number of amides is 1. The van der Waals surface area contributed by atoms with Crippen molar-refractivity contribution in [3.8, 4) is 0 Å². The van der Waals surface area contributed by atoms with Crippen molar-refractivity contribution >= 4 is 24.2 Å². The fourth-order valence-electron chi connectivity index (χ4n) is 4.55. The average molecular weight is 529 g/mol. The molecule has 200 valence electrons. The Morgan fingerprint density at radius 2 is 1.50 bits per heavy atom. The van der Waals surface area contributed by atoms with Crippen LogP contribution in [0.25, 0.3) is 0 Å². The maximum Gasteiger partial charge on any atom is 0.243 e. The van der Waals surface area contributed by atoms with Crippen LogP contribution in [-0.2, 0) is 11.2 Å². The molecule has 0 saturated heterocycles. The summed E-state index contributed by atoms with van der Waals surface area (Å²) in [6, 6.07) is 31.3. The fraction of sp³-hybridized carbons (Fsp3) is 0.333. The molecule has 1 aliphatic rings. The minimum absolute atomic E-state index is 0.0853. The van der Waals surface area contributed by atoms with E-state index in [0.717, 1.165) is 43.6 Å². The highest BCUT2D eigenvalue weighted by Gasteiger charge is 2.27. The Morgan fingerprint density at radius 3 is 2.05 bits per heavy atom. The molecule has 0 aromatic heterocycles. The topological polar surface area (TPSA) is 52.9 Å². The van der Waals surface area contributed by atoms with Crippen LogP contribution >= 0.6 is 12.6 Å². The Kier molecular flexibility index (Phi) is 12.7. The molecule has 0 atom stereocenters. The Morgan fingerprint density at radius 1 is 0.921 bits per heavy atom. The summed E-state index contributed by atoms with van der Waals surface area (Å²) < 4.78 is 0. The molecule has 0 unspecified atom stereocenters. The third-order valence-electron chi connectivity index (χ3n) is 6.44. The quantitative estimate of drug-likeness (QED) is 0.196. The van der Waals surface area contributed by atoms with E-state index in [4.69, 9.17) is 10.2 Å². The van der Waals surface area contributed by atoms with Crippen LogP contribution in [0.5, 0.6) is 0 Å². The minimum Gasteiger partial charge on any atom is -0.513 e. The highest BCUT2D eigenvalue weighted by Crippen LogP contribution is 2.30. The van der Waals surface area contributed by atoms with E-state index < -0.39 is 0 Å². The Hall–Kier alpha value is -3.31. The summed E-state index contributed by atoms with van der Waals surface area (Å²) in [7, 11) is 0. The Balaban J connectivity index is 0.000000383. The van der Waals surface area contributed by atoms with Gasteiger partial charge in [0.2, 0.25) is 5.91 Å². The minimum atomic E-state index is 0.0853. The number of nitrogens with zero attached hydrogens (tertiary/aromatic N) is 2. The van der Waals surface area contributed by atoms with Crippen LogP contribution < -0.4 is 0 Å². The largest absolute Gasteiger partial charge is 0.513 e. The van der Waals surface area contributed by atoms with Crippen molar-refractivity contribution in [2.24, 2.45) is 5.10 Å². The zero-order valence-corrected chi connectivity index (χ0v) is 23.3. The molecule has 38 heavy (non-hydrogen) atoms. The highest BCUT2D eigenvalue weighted by molar-refractivity contribution is 7.80. The van der Waals surface area contributed by atoms with E-state index in [9.17, 15) is 4.79 Å². The van der Waals surface area contributed by atoms with E-state index in [1.54, 1.807) is 5.01 Å². The van der Waals surface area contributed by atoms with Gasteiger partial charge in [-0.1, -0.05) is 97.9 Å². The molecule has 1 heterocycles. The number of allylic oxidation sites excluding steroid dienone is 2. The number of aryl methyl sites for hydroxylation is 1. The molecule has 3 aromatic rings. The van der Waals surface area contributed by atoms with Crippen molar-refractivity contribution in [1.29, 1.82) is 0 Å². The standard InChI is InChI=1S/C26H26N2O.C7H14OS/c29-25-19-18-24(27-28(25)20-10-13-21-11-4-1-5-12-21)26(22-14-6-2-7-15-22)23-16-8-3-9-17-23;1-2-4-7(8)5-3-6-9/h1-9,11-12,14-17,26H,10,13,18-20H2;4,8-9H,2-3,5-6H2,1H3/b;7-4-. The lowest BCUT2D eigenvalue weighted by atomic mass is 9.85. The first kappa shape index (κ1) is 29.2. The highest BCUT2D eigenvalue weighted by atomic mass is 32.1. The molecule has 1 amide bonds. The third kappa shape index (κ3) is 9.53. The molecule has 5 heteroatoms. The van der Waals surface area contributed by atoms with Crippen molar-refractivity contribution in [3.63, 3.8) is 0 Å². The number of thiol groups is 1. The van der Waals surface area contributed by atoms with E-state index >= 15 is 0 Å². The van der Waals surface area contributed by atoms with Gasteiger partial charge in [0, 0.05) is 25.3 Å². The molecule has 0 bridgehead atoms. The first-order chi connectivity index (χ1) is 18.6. The van der Waals surface area contributed by atoms with Crippen molar-refractivity contribution < 1.29 is 9.90 Å². The normalized spacial score (nSPS) is 13.7. The molecular formula is C33H40N2O2S. The molecule has 0 saturated carbocycles. The molecule has 3 aromatic carbocycles. The average Bonchev–Trinajstić information content (AvgIpc) is 2.96. The molecular weight excluding hydrogens is 488 g/mol. The van der Waals surface area contributed by atoms with E-state index in [0.29, 0.717) is 25.1 Å². The molecule has 1 N–H and O–H groups in total. The lowest BCUT2D eigenvalue weighted by molar-refractivity contribution is -0.131. The Labute approximate surface area is 233 Å². The maximum absolute atomic E-state index is 12.5. The van der Waals surface area contributed by atoms with Gasteiger partial charge in [0.25, 0.3) is 0 Å². The van der Waals surface area contributed by atoms with Gasteiger partial charge < -0.3 is 5.11 Å². The summed E-state index contributed by atoms with van der Waals surface area (Å²) >= 11 is 4.03. The van der Waals surface area contributed by atoms with Crippen molar-refractivity contribution in [2.75, 3.05) is 12.3 Å². The second-order valence-corrected chi connectivity index (χ2v) is 9.83. The molecule has 1 aliphatic heterocycles. The molecule has 4 nitrogen and oxygen atoms in total. The molecule has 0 radical (unpaired) electrons. The maximum atomic E-state index is 12.5. The second-order valence-electron chi connectivity index (χ2n) is 9.38. The number of rotatable bonds is 11. The SMILES string of the molecule is CC/C=C(\O)CCCS.O=C1CCC(C(c2ccccc2)c2ccccc2)=NN1CCCc1ccccc1. The van der Waals surface area contributed by atoms with Gasteiger partial charge in [0.1, 0.15) is 0 Å². The van der Waals surface area contributed by atoms with Gasteiger partial charge in [0.15, 0.2) is 0 Å². The van der Waals surface area contributed by atoms with Crippen molar-refractivity contribution in [1.82, 2.24) is 5.01 Å². The van der Waals surface area contributed by atoms with E-state index in [1.807, 2.05) is 31.2 Å². The molecule has 0 spiro atoms. The van der Waals surface area contributed by atoms with Crippen LogP contribution in [0.2, 0.25) is 0 Å². The van der Waals surface area contributed by atoms with E-state index in [1.165, 1.54) is 16.7 Å². The third-order valence-corrected chi connectivity index (χ3v) is 6.76. The number of hydrazone groups is 1. The number of benzene rings is 3. The van der Waals surface area contributed by atoms with Crippen LogP contribution in [0.1, 0.15) is 68.1 Å². The Bertz CT molecular complexity index is 1110. The van der Waals surface area contributed by atoms with E-state index in [-0.39, 0.29) is 11.8 Å². The molecule has 4 rings (SSSR count). The predicted molar refractivity (Wildman–Crippen MR) is 162 cm³/mol. The van der Waals surface area contributed by atoms with Gasteiger partial charge in [0.05, 0.1) is 11.5 Å². The zero-order chi connectivity index (χ0) is 27.0. The zero-order valence-electron chi connectivity index (χ0n) is 22.4. The molecule has 0 aliphatic carbocycles. The van der Waals surface area contributed by atoms with Gasteiger partial charge in [-0.3, -0.25) is 4.79 Å². The summed E-state index contributed by atoms with van der Waals surface area (Å²) in [6.45, 7) is 2.67. The summed E-state index contributed by atoms with van der Waals surface area (Å²) in [5, 5.41) is 15.6. The van der Waals surface area contributed by atoms with Gasteiger partial charge in [-0.25, -0.2) is 5.01 Å². The van der Waals surface area contributed by atoms with Crippen LogP contribution in [0.4, 0.5) is 0 Å². The summed E-state index contributed by atoms with van der Waals surface area (Å²) in [5.41, 5.74) is 4.81. The van der Waals surface area contributed by atoms with Gasteiger partial charge in [-0.15, -0.1) is 0 Å². The molecule has 0 fully saturated rings. The first-order valence-corrected chi connectivity index (χ1v) is 14.3. The number of aliphatic hydroxyl groups excluding tert-OH is 1. The predicted octanol–water partition coefficient (Wildman–Crippen LogP) is 7.98. The van der Waals surface area contributed by atoms with Gasteiger partial charge >= 0.3 is 0 Å². The number of hydrogen-bond donors (Lipinski definition) is 2. The number of hydrogen-bond acceptors (Lipinski definition) is 4. The van der Waals surface area contributed by atoms with Crippen LogP contribution in [-0.4, -0.2) is 34.0 Å². The monoisotopic (exact) mass is 528 g/mol. The smallest absolute Gasteiger partial charge is 0.243 e. The second kappa shape index (κ2) is 16.5. The van der Waals surface area contributed by atoms with E-state index in [2.05, 4.69) is 85.4 Å².